The van der Waals surface area contributed by atoms with Crippen LogP contribution in [0.25, 0.3) is 21.1 Å². The van der Waals surface area contributed by atoms with Gasteiger partial charge in [0, 0.05) is 18.6 Å². The number of thiazole rings is 1. The van der Waals surface area contributed by atoms with E-state index in [4.69, 9.17) is 0 Å². The Labute approximate surface area is 152 Å². The second kappa shape index (κ2) is 6.97. The third-order valence-corrected chi connectivity index (χ3v) is 4.97. The summed E-state index contributed by atoms with van der Waals surface area (Å²) >= 11 is 1.57. The maximum atomic E-state index is 12.3. The highest BCUT2D eigenvalue weighted by Gasteiger charge is 2.11. The van der Waals surface area contributed by atoms with Crippen LogP contribution >= 0.6 is 11.3 Å². The SMILES string of the molecule is O=C(NCCNc1nc2ccccc2s1)c1cc2ccccc2[nH]c1=O. The molecule has 0 unspecified atom stereocenters. The van der Waals surface area contributed by atoms with Gasteiger partial charge in [-0.2, -0.15) is 0 Å². The summed E-state index contributed by atoms with van der Waals surface area (Å²) in [5.41, 5.74) is 1.39. The molecule has 0 radical (unpaired) electrons. The minimum atomic E-state index is -0.389. The Bertz CT molecular complexity index is 1120. The van der Waals surface area contributed by atoms with E-state index in [2.05, 4.69) is 20.6 Å². The number of aromatic nitrogens is 2. The number of benzene rings is 2. The van der Waals surface area contributed by atoms with E-state index in [1.54, 1.807) is 23.5 Å². The molecule has 0 aliphatic heterocycles. The standard InChI is InChI=1S/C19H16N4O2S/c24-17(13-11-12-5-1-2-6-14(12)22-18(13)25)20-9-10-21-19-23-15-7-3-4-8-16(15)26-19/h1-8,11H,9-10H2,(H,20,24)(H,21,23)(H,22,25). The molecule has 0 saturated heterocycles. The van der Waals surface area contributed by atoms with Gasteiger partial charge in [0.25, 0.3) is 11.5 Å². The first-order valence-corrected chi connectivity index (χ1v) is 9.02. The molecule has 2 aromatic carbocycles. The lowest BCUT2D eigenvalue weighted by Crippen LogP contribution is -2.32. The van der Waals surface area contributed by atoms with Gasteiger partial charge in [-0.3, -0.25) is 9.59 Å². The number of hydrogen-bond donors (Lipinski definition) is 3. The molecule has 0 aliphatic carbocycles. The average molecular weight is 364 g/mol. The van der Waals surface area contributed by atoms with Crippen LogP contribution in [0.3, 0.4) is 0 Å². The first-order chi connectivity index (χ1) is 12.7. The minimum Gasteiger partial charge on any atom is -0.360 e. The van der Waals surface area contributed by atoms with Crippen molar-refractivity contribution in [2.45, 2.75) is 0 Å². The number of nitrogens with zero attached hydrogens (tertiary/aromatic N) is 1. The maximum absolute atomic E-state index is 12.3. The Morgan fingerprint density at radius 2 is 1.88 bits per heavy atom. The molecule has 2 aromatic heterocycles. The maximum Gasteiger partial charge on any atom is 0.261 e. The van der Waals surface area contributed by atoms with Gasteiger partial charge in [-0.25, -0.2) is 4.98 Å². The van der Waals surface area contributed by atoms with Gasteiger partial charge in [-0.1, -0.05) is 41.7 Å². The zero-order valence-corrected chi connectivity index (χ0v) is 14.6. The Kier molecular flexibility index (Phi) is 4.37. The van der Waals surface area contributed by atoms with Crippen molar-refractivity contribution in [2.75, 3.05) is 18.4 Å². The number of nitrogens with one attached hydrogen (secondary N) is 3. The lowest BCUT2D eigenvalue weighted by Gasteiger charge is -2.06. The molecule has 4 rings (SSSR count). The Balaban J connectivity index is 1.38. The molecule has 1 amide bonds. The average Bonchev–Trinajstić information content (AvgIpc) is 3.07. The zero-order valence-electron chi connectivity index (χ0n) is 13.8. The monoisotopic (exact) mass is 364 g/mol. The Hall–Kier alpha value is -3.19. The van der Waals surface area contributed by atoms with Crippen LogP contribution in [0, 0.1) is 0 Å². The van der Waals surface area contributed by atoms with E-state index in [0.717, 1.165) is 20.7 Å². The van der Waals surface area contributed by atoms with Crippen molar-refractivity contribution in [2.24, 2.45) is 0 Å². The number of anilines is 1. The van der Waals surface area contributed by atoms with Crippen molar-refractivity contribution in [3.05, 3.63) is 70.5 Å². The van der Waals surface area contributed by atoms with Gasteiger partial charge in [0.15, 0.2) is 5.13 Å². The molecular weight excluding hydrogens is 348 g/mol. The van der Waals surface area contributed by atoms with E-state index in [0.29, 0.717) is 18.6 Å². The van der Waals surface area contributed by atoms with E-state index in [1.165, 1.54) is 0 Å². The summed E-state index contributed by atoms with van der Waals surface area (Å²) in [6.07, 6.45) is 0. The number of hydrogen-bond acceptors (Lipinski definition) is 5. The number of rotatable bonds is 5. The third-order valence-electron chi connectivity index (χ3n) is 3.98. The van der Waals surface area contributed by atoms with Crippen molar-refractivity contribution < 1.29 is 4.79 Å². The van der Waals surface area contributed by atoms with Crippen LogP contribution in [-0.2, 0) is 0 Å². The number of pyridine rings is 1. The zero-order chi connectivity index (χ0) is 17.9. The van der Waals surface area contributed by atoms with Gasteiger partial charge in [0.05, 0.1) is 10.2 Å². The molecule has 0 saturated carbocycles. The Morgan fingerprint density at radius 3 is 2.77 bits per heavy atom. The molecule has 0 spiro atoms. The number of aromatic amines is 1. The predicted molar refractivity (Wildman–Crippen MR) is 105 cm³/mol. The fourth-order valence-electron chi connectivity index (χ4n) is 2.70. The summed E-state index contributed by atoms with van der Waals surface area (Å²) in [6, 6.07) is 16.9. The van der Waals surface area contributed by atoms with Gasteiger partial charge in [0.2, 0.25) is 0 Å². The first-order valence-electron chi connectivity index (χ1n) is 8.20. The van der Waals surface area contributed by atoms with Crippen LogP contribution in [0.1, 0.15) is 10.4 Å². The van der Waals surface area contributed by atoms with Crippen molar-refractivity contribution in [3.63, 3.8) is 0 Å². The number of fused-ring (bicyclic) bond motifs is 2. The van der Waals surface area contributed by atoms with E-state index in [-0.39, 0.29) is 17.0 Å². The summed E-state index contributed by atoms with van der Waals surface area (Å²) in [5, 5.41) is 7.59. The van der Waals surface area contributed by atoms with Crippen molar-refractivity contribution >= 4 is 43.5 Å². The summed E-state index contributed by atoms with van der Waals surface area (Å²) in [6.45, 7) is 0.915. The van der Waals surface area contributed by atoms with Crippen LogP contribution in [0.2, 0.25) is 0 Å². The molecule has 26 heavy (non-hydrogen) atoms. The topological polar surface area (TPSA) is 86.9 Å². The largest absolute Gasteiger partial charge is 0.360 e. The van der Waals surface area contributed by atoms with Crippen LogP contribution in [-0.4, -0.2) is 29.0 Å². The fraction of sp³-hybridized carbons (Fsp3) is 0.105. The second-order valence-corrected chi connectivity index (χ2v) is 6.80. The lowest BCUT2D eigenvalue weighted by molar-refractivity contribution is 0.0954. The summed E-state index contributed by atoms with van der Waals surface area (Å²) in [7, 11) is 0. The molecule has 130 valence electrons. The number of para-hydroxylation sites is 2. The predicted octanol–water partition coefficient (Wildman–Crippen LogP) is 2.98. The third kappa shape index (κ3) is 3.29. The number of H-pyrrole nitrogens is 1. The number of carbonyl (C=O) groups excluding carboxylic acids is 1. The molecule has 6 nitrogen and oxygen atoms in total. The van der Waals surface area contributed by atoms with E-state index < -0.39 is 0 Å². The molecule has 0 aliphatic rings. The highest BCUT2D eigenvalue weighted by Crippen LogP contribution is 2.24. The second-order valence-electron chi connectivity index (χ2n) is 5.77. The van der Waals surface area contributed by atoms with Crippen LogP contribution in [0.5, 0.6) is 0 Å². The van der Waals surface area contributed by atoms with Crippen LogP contribution < -0.4 is 16.2 Å². The van der Waals surface area contributed by atoms with Crippen LogP contribution in [0.15, 0.2) is 59.4 Å². The van der Waals surface area contributed by atoms with Gasteiger partial charge in [-0.15, -0.1) is 0 Å². The fourth-order valence-corrected chi connectivity index (χ4v) is 3.60. The van der Waals surface area contributed by atoms with Crippen molar-refractivity contribution in [1.82, 2.24) is 15.3 Å². The quantitative estimate of drug-likeness (QED) is 0.475. The highest BCUT2D eigenvalue weighted by atomic mass is 32.1. The molecule has 0 bridgehead atoms. The smallest absolute Gasteiger partial charge is 0.261 e. The summed E-state index contributed by atoms with van der Waals surface area (Å²) in [4.78, 5) is 31.6. The lowest BCUT2D eigenvalue weighted by atomic mass is 10.1. The van der Waals surface area contributed by atoms with Crippen molar-refractivity contribution in [1.29, 1.82) is 0 Å². The van der Waals surface area contributed by atoms with Gasteiger partial charge in [-0.05, 0) is 29.7 Å². The number of amides is 1. The molecule has 4 aromatic rings. The normalized spacial score (nSPS) is 10.9. The molecule has 2 heterocycles. The van der Waals surface area contributed by atoms with Crippen LogP contribution in [0.4, 0.5) is 5.13 Å². The Morgan fingerprint density at radius 1 is 1.08 bits per heavy atom. The summed E-state index contributed by atoms with van der Waals surface area (Å²) < 4.78 is 1.11. The van der Waals surface area contributed by atoms with Gasteiger partial charge < -0.3 is 15.6 Å². The summed E-state index contributed by atoms with van der Waals surface area (Å²) in [5.74, 6) is -0.386. The van der Waals surface area contributed by atoms with E-state index in [9.17, 15) is 9.59 Å². The van der Waals surface area contributed by atoms with Gasteiger partial charge in [0.1, 0.15) is 5.56 Å². The highest BCUT2D eigenvalue weighted by molar-refractivity contribution is 7.22. The van der Waals surface area contributed by atoms with Gasteiger partial charge >= 0.3 is 0 Å². The van der Waals surface area contributed by atoms with E-state index >= 15 is 0 Å². The molecule has 0 fully saturated rings. The van der Waals surface area contributed by atoms with E-state index in [1.807, 2.05) is 42.5 Å². The molecular formula is C19H16N4O2S. The molecule has 3 N–H and O–H groups in total. The molecule has 7 heteroatoms. The molecule has 0 atom stereocenters. The van der Waals surface area contributed by atoms with Crippen molar-refractivity contribution in [3.8, 4) is 0 Å². The first kappa shape index (κ1) is 16.3. The number of carbonyl (C=O) groups is 1. The minimum absolute atomic E-state index is 0.115.